The van der Waals surface area contributed by atoms with Crippen molar-refractivity contribution in [3.63, 3.8) is 0 Å². The summed E-state index contributed by atoms with van der Waals surface area (Å²) in [6.45, 7) is 2.02. The fourth-order valence-corrected chi connectivity index (χ4v) is 7.22. The van der Waals surface area contributed by atoms with Crippen LogP contribution < -0.4 is 0 Å². The number of benzene rings is 1. The van der Waals surface area contributed by atoms with Crippen molar-refractivity contribution < 1.29 is 33.5 Å². The number of hydrogen-bond acceptors (Lipinski definition) is 8. The molecular weight excluding hydrogens is 477 g/mol. The minimum atomic E-state index is -1.36. The van der Waals surface area contributed by atoms with Crippen LogP contribution in [-0.4, -0.2) is 67.7 Å². The summed E-state index contributed by atoms with van der Waals surface area (Å²) in [4.78, 5) is 49.2. The molecule has 1 aromatic carbocycles. The number of aliphatic carboxylic acids is 1. The quantitative estimate of drug-likeness (QED) is 0.343. The number of alkyl halides is 1. The molecule has 4 rings (SSSR count). The van der Waals surface area contributed by atoms with Crippen LogP contribution in [0.4, 0.5) is 14.9 Å². The highest BCUT2D eigenvalue weighted by Gasteiger charge is 2.58. The van der Waals surface area contributed by atoms with E-state index in [2.05, 4.69) is 0 Å². The van der Waals surface area contributed by atoms with E-state index in [9.17, 15) is 34.0 Å². The first-order valence-corrected chi connectivity index (χ1v) is 11.9. The van der Waals surface area contributed by atoms with Gasteiger partial charge in [-0.1, -0.05) is 11.8 Å². The van der Waals surface area contributed by atoms with Crippen LogP contribution in [0, 0.1) is 16.0 Å². The zero-order valence-corrected chi connectivity index (χ0v) is 19.0. The molecule has 2 saturated heterocycles. The van der Waals surface area contributed by atoms with Gasteiger partial charge in [0.1, 0.15) is 18.2 Å². The van der Waals surface area contributed by atoms with E-state index in [0.717, 1.165) is 4.90 Å². The normalized spacial score (nSPS) is 25.0. The molecule has 2 fully saturated rings. The number of carbonyl (C=O) groups is 3. The highest BCUT2D eigenvalue weighted by Crippen LogP contribution is 2.55. The average Bonchev–Trinajstić information content (AvgIpc) is 3.35. The monoisotopic (exact) mass is 497 g/mol. The van der Waals surface area contributed by atoms with Crippen molar-refractivity contribution in [2.24, 2.45) is 5.92 Å². The van der Waals surface area contributed by atoms with E-state index in [-0.39, 0.29) is 23.2 Å². The molecule has 10 nitrogen and oxygen atoms in total. The van der Waals surface area contributed by atoms with Gasteiger partial charge in [-0.05, 0) is 31.0 Å². The van der Waals surface area contributed by atoms with Crippen LogP contribution in [0.5, 0.6) is 0 Å². The van der Waals surface area contributed by atoms with Gasteiger partial charge in [-0.3, -0.25) is 19.8 Å². The molecule has 13 heteroatoms. The minimum absolute atomic E-state index is 0.0309. The molecule has 3 heterocycles. The molecule has 176 valence electrons. The third kappa shape index (κ3) is 4.51. The first-order chi connectivity index (χ1) is 15.7. The van der Waals surface area contributed by atoms with Crippen molar-refractivity contribution in [2.75, 3.05) is 13.1 Å². The fraction of sp³-hybridized carbons (Fsp3) is 0.450. The third-order valence-electron chi connectivity index (χ3n) is 5.63. The number of carboxylic acids is 1. The predicted molar refractivity (Wildman–Crippen MR) is 118 cm³/mol. The third-order valence-corrected chi connectivity index (χ3v) is 8.49. The maximum Gasteiger partial charge on any atom is 0.410 e. The van der Waals surface area contributed by atoms with E-state index in [1.165, 1.54) is 59.6 Å². The summed E-state index contributed by atoms with van der Waals surface area (Å²) in [5.41, 5.74) is 0.447. The number of non-ortho nitro benzene ring substituents is 1. The zero-order chi connectivity index (χ0) is 23.9. The Morgan fingerprint density at radius 2 is 2.09 bits per heavy atom. The lowest BCUT2D eigenvalue weighted by Crippen LogP contribution is -2.60. The standard InChI is InChI=1S/C20H20FN3O7S2/c1-10(21)14-16(25)23-15(18(26)27)19(33-17(14)23)32-13-6-7-22(8-13)20(28)31-9-11-2-4-12(5-3-11)24(29)30/h2-5,10,13-14,17H,6-9H2,1H3,(H,26,27)/t10-,13?,14-,17+/m0/s1. The molecule has 1 N–H and O–H groups in total. The number of rotatable bonds is 7. The number of ether oxygens (including phenoxy) is 1. The molecule has 3 aliphatic heterocycles. The van der Waals surface area contributed by atoms with Crippen molar-refractivity contribution in [1.82, 2.24) is 9.80 Å². The van der Waals surface area contributed by atoms with Gasteiger partial charge in [-0.15, -0.1) is 11.8 Å². The number of carbonyl (C=O) groups excluding carboxylic acids is 2. The average molecular weight is 498 g/mol. The van der Waals surface area contributed by atoms with Crippen LogP contribution >= 0.6 is 23.5 Å². The number of carboxylic acid groups (broad SMARTS) is 1. The van der Waals surface area contributed by atoms with Gasteiger partial charge < -0.3 is 14.7 Å². The Morgan fingerprint density at radius 3 is 2.70 bits per heavy atom. The highest BCUT2D eigenvalue weighted by atomic mass is 32.2. The van der Waals surface area contributed by atoms with Crippen molar-refractivity contribution in [1.29, 1.82) is 0 Å². The largest absolute Gasteiger partial charge is 0.477 e. The minimum Gasteiger partial charge on any atom is -0.477 e. The lowest BCUT2D eigenvalue weighted by Gasteiger charge is -2.42. The molecule has 0 bridgehead atoms. The number of nitro groups is 1. The van der Waals surface area contributed by atoms with Crippen molar-refractivity contribution in [3.8, 4) is 0 Å². The van der Waals surface area contributed by atoms with Crippen LogP contribution in [0.3, 0.4) is 0 Å². The Morgan fingerprint density at radius 1 is 1.39 bits per heavy atom. The number of thioether (sulfide) groups is 2. The first kappa shape index (κ1) is 23.4. The number of nitro benzene ring substituents is 1. The number of amides is 2. The van der Waals surface area contributed by atoms with Gasteiger partial charge in [0.2, 0.25) is 5.91 Å². The van der Waals surface area contributed by atoms with Gasteiger partial charge >= 0.3 is 12.1 Å². The number of hydrogen-bond donors (Lipinski definition) is 1. The molecule has 0 radical (unpaired) electrons. The van der Waals surface area contributed by atoms with Gasteiger partial charge in [0, 0.05) is 30.5 Å². The maximum atomic E-state index is 13.8. The van der Waals surface area contributed by atoms with Crippen molar-refractivity contribution >= 4 is 47.2 Å². The van der Waals surface area contributed by atoms with Crippen LogP contribution in [0.15, 0.2) is 34.2 Å². The van der Waals surface area contributed by atoms with Gasteiger partial charge in [-0.2, -0.15) is 0 Å². The van der Waals surface area contributed by atoms with Crippen LogP contribution in [0.2, 0.25) is 0 Å². The van der Waals surface area contributed by atoms with Crippen molar-refractivity contribution in [3.05, 3.63) is 49.9 Å². The Bertz CT molecular complexity index is 1030. The van der Waals surface area contributed by atoms with Crippen molar-refractivity contribution in [2.45, 2.75) is 36.7 Å². The number of likely N-dealkylation sites (tertiary alicyclic amines) is 1. The van der Waals surface area contributed by atoms with E-state index < -0.39 is 40.4 Å². The number of halogens is 1. The van der Waals surface area contributed by atoms with Gasteiger partial charge in [-0.25, -0.2) is 14.0 Å². The molecule has 4 atom stereocenters. The number of β-lactam (4-membered cyclic amide) rings is 1. The number of nitrogens with zero attached hydrogens (tertiary/aromatic N) is 3. The maximum absolute atomic E-state index is 13.8. The van der Waals surface area contributed by atoms with E-state index >= 15 is 0 Å². The predicted octanol–water partition coefficient (Wildman–Crippen LogP) is 3.18. The summed E-state index contributed by atoms with van der Waals surface area (Å²) < 4.78 is 19.5. The van der Waals surface area contributed by atoms with Crippen LogP contribution in [-0.2, 0) is 20.9 Å². The highest BCUT2D eigenvalue weighted by molar-refractivity contribution is 8.23. The topological polar surface area (TPSA) is 130 Å². The van der Waals surface area contributed by atoms with E-state index in [0.29, 0.717) is 29.3 Å². The Kier molecular flexibility index (Phi) is 6.52. The number of fused-ring (bicyclic) bond motifs is 1. The molecule has 0 saturated carbocycles. The van der Waals surface area contributed by atoms with Gasteiger partial charge in [0.25, 0.3) is 5.69 Å². The summed E-state index contributed by atoms with van der Waals surface area (Å²) in [5, 5.41) is 19.7. The van der Waals surface area contributed by atoms with E-state index in [1.807, 2.05) is 0 Å². The second kappa shape index (κ2) is 9.21. The lowest BCUT2D eigenvalue weighted by molar-refractivity contribution is -0.384. The fourth-order valence-electron chi connectivity index (χ4n) is 3.90. The second-order valence-electron chi connectivity index (χ2n) is 7.81. The van der Waals surface area contributed by atoms with Gasteiger partial charge in [0.05, 0.1) is 15.1 Å². The van der Waals surface area contributed by atoms with Crippen LogP contribution in [0.1, 0.15) is 18.9 Å². The molecule has 0 aromatic heterocycles. The molecule has 0 spiro atoms. The molecule has 2 amide bonds. The van der Waals surface area contributed by atoms with E-state index in [4.69, 9.17) is 4.74 Å². The molecule has 33 heavy (non-hydrogen) atoms. The first-order valence-electron chi connectivity index (χ1n) is 10.1. The Balaban J connectivity index is 1.32. The second-order valence-corrected chi connectivity index (χ2v) is 10.5. The summed E-state index contributed by atoms with van der Waals surface area (Å²) in [6.07, 6.45) is -1.29. The van der Waals surface area contributed by atoms with Crippen LogP contribution in [0.25, 0.3) is 0 Å². The summed E-state index contributed by atoms with van der Waals surface area (Å²) in [7, 11) is 0. The van der Waals surface area contributed by atoms with Gasteiger partial charge in [0.15, 0.2) is 5.70 Å². The smallest absolute Gasteiger partial charge is 0.410 e. The molecule has 1 aromatic rings. The lowest BCUT2D eigenvalue weighted by atomic mass is 9.93. The summed E-state index contributed by atoms with van der Waals surface area (Å²) >= 11 is 2.48. The Labute approximate surface area is 196 Å². The molecule has 0 aliphatic carbocycles. The molecular formula is C20H20FN3O7S2. The summed E-state index contributed by atoms with van der Waals surface area (Å²) in [6, 6.07) is 5.70. The zero-order valence-electron chi connectivity index (χ0n) is 17.4. The SMILES string of the molecule is C[C@H](F)[C@H]1C(=O)N2C(C(=O)O)=C(SC3CCN(C(=O)OCc4ccc([N+](=O)[O-])cc4)C3)S[C@H]12. The van der Waals surface area contributed by atoms with E-state index in [1.54, 1.807) is 0 Å². The molecule has 1 unspecified atom stereocenters. The molecule has 3 aliphatic rings. The summed E-state index contributed by atoms with van der Waals surface area (Å²) in [5.74, 6) is -2.60. The Hall–Kier alpha value is -2.80.